The van der Waals surface area contributed by atoms with Crippen LogP contribution >= 0.6 is 34.0 Å². The molecular formula is C86H49N5S3. The van der Waals surface area contributed by atoms with Crippen molar-refractivity contribution >= 4 is 171 Å². The van der Waals surface area contributed by atoms with Crippen LogP contribution in [0.1, 0.15) is 0 Å². The largest absolute Gasteiger partial charge is 0.309 e. The van der Waals surface area contributed by atoms with Gasteiger partial charge in [-0.2, -0.15) is 0 Å². The number of aromatic nitrogens is 5. The first-order valence-corrected chi connectivity index (χ1v) is 34.3. The van der Waals surface area contributed by atoms with E-state index < -0.39 is 0 Å². The Labute approximate surface area is 549 Å². The second kappa shape index (κ2) is 20.0. The molecular weight excluding hydrogens is 1200 g/mol. The molecule has 0 saturated carbocycles. The van der Waals surface area contributed by atoms with E-state index in [2.05, 4.69) is 311 Å². The first-order chi connectivity index (χ1) is 46.5. The highest BCUT2D eigenvalue weighted by atomic mass is 32.1. The fourth-order valence-electron chi connectivity index (χ4n) is 15.3. The number of hydrogen-bond donors (Lipinski definition) is 0. The molecule has 0 amide bonds. The van der Waals surface area contributed by atoms with Crippen LogP contribution in [0.15, 0.2) is 297 Å². The Hall–Kier alpha value is -11.5. The van der Waals surface area contributed by atoms with Crippen LogP contribution in [0.5, 0.6) is 0 Å². The van der Waals surface area contributed by atoms with Gasteiger partial charge in [0.15, 0.2) is 5.82 Å². The van der Waals surface area contributed by atoms with E-state index in [0.29, 0.717) is 5.82 Å². The monoisotopic (exact) mass is 1250 g/mol. The molecule has 7 heterocycles. The maximum absolute atomic E-state index is 5.78. The van der Waals surface area contributed by atoms with Crippen LogP contribution in [-0.4, -0.2) is 23.7 Å². The molecule has 0 fully saturated rings. The lowest BCUT2D eigenvalue weighted by Gasteiger charge is -2.15. The maximum Gasteiger partial charge on any atom is 0.162 e. The molecule has 0 atom stereocenters. The number of nitrogens with zero attached hydrogens (tertiary/aromatic N) is 5. The van der Waals surface area contributed by atoms with Gasteiger partial charge in [-0.25, -0.2) is 9.97 Å². The summed E-state index contributed by atoms with van der Waals surface area (Å²) in [5.41, 5.74) is 17.8. The predicted molar refractivity (Wildman–Crippen MR) is 403 cm³/mol. The summed E-state index contributed by atoms with van der Waals surface area (Å²) in [6, 6.07) is 110. The Kier molecular flexibility index (Phi) is 11.1. The second-order valence-electron chi connectivity index (χ2n) is 24.8. The van der Waals surface area contributed by atoms with Crippen molar-refractivity contribution in [1.82, 2.24) is 23.7 Å². The molecule has 0 saturated heterocycles. The van der Waals surface area contributed by atoms with Crippen molar-refractivity contribution in [3.63, 3.8) is 0 Å². The number of para-hydroxylation sites is 3. The zero-order chi connectivity index (χ0) is 61.3. The summed E-state index contributed by atoms with van der Waals surface area (Å²) in [4.78, 5) is 11.3. The van der Waals surface area contributed by atoms with Gasteiger partial charge in [0.05, 0.1) is 38.6 Å². The minimum absolute atomic E-state index is 0.654. The van der Waals surface area contributed by atoms with E-state index in [9.17, 15) is 0 Å². The van der Waals surface area contributed by atoms with E-state index >= 15 is 0 Å². The Balaban J connectivity index is 0.723. The van der Waals surface area contributed by atoms with Crippen LogP contribution in [0.3, 0.4) is 0 Å². The fourth-order valence-corrected chi connectivity index (χ4v) is 18.7. The van der Waals surface area contributed by atoms with Crippen LogP contribution in [0.2, 0.25) is 0 Å². The van der Waals surface area contributed by atoms with E-state index in [0.717, 1.165) is 72.1 Å². The van der Waals surface area contributed by atoms with Crippen molar-refractivity contribution in [1.29, 1.82) is 0 Å². The third kappa shape index (κ3) is 7.79. The summed E-state index contributed by atoms with van der Waals surface area (Å²) >= 11 is 5.59. The highest BCUT2D eigenvalue weighted by Crippen LogP contribution is 2.45. The van der Waals surface area contributed by atoms with Gasteiger partial charge in [-0.3, -0.25) is 4.57 Å². The molecule has 0 spiro atoms. The summed E-state index contributed by atoms with van der Waals surface area (Å²) in [6.07, 6.45) is 0. The molecule has 0 N–H and O–H groups in total. The number of fused-ring (bicyclic) bond motifs is 19. The van der Waals surface area contributed by atoms with Crippen molar-refractivity contribution in [2.75, 3.05) is 0 Å². The molecule has 0 aliphatic rings. The van der Waals surface area contributed by atoms with Gasteiger partial charge in [-0.05, 0) is 167 Å². The minimum atomic E-state index is 0.654. The van der Waals surface area contributed by atoms with Gasteiger partial charge in [0.1, 0.15) is 5.82 Å². The summed E-state index contributed by atoms with van der Waals surface area (Å²) in [5, 5.41) is 16.0. The van der Waals surface area contributed by atoms with E-state index in [4.69, 9.17) is 9.97 Å². The number of hydrogen-bond acceptors (Lipinski definition) is 5. The topological polar surface area (TPSA) is 40.6 Å². The summed E-state index contributed by atoms with van der Waals surface area (Å²) in [7, 11) is 0. The Bertz CT molecular complexity index is 6810. The number of thiophene rings is 3. The van der Waals surface area contributed by atoms with E-state index in [1.807, 2.05) is 34.0 Å². The first kappa shape index (κ1) is 52.1. The number of rotatable bonds is 7. The van der Waals surface area contributed by atoms with Gasteiger partial charge >= 0.3 is 0 Å². The highest BCUT2D eigenvalue weighted by Gasteiger charge is 2.23. The predicted octanol–water partition coefficient (Wildman–Crippen LogP) is 24.7. The molecule has 0 bridgehead atoms. The van der Waals surface area contributed by atoms with Crippen molar-refractivity contribution in [3.05, 3.63) is 297 Å². The Morgan fingerprint density at radius 2 is 0.532 bits per heavy atom. The molecule has 436 valence electrons. The SMILES string of the molecule is c1ccc2c(c1)sc1cc(-c3ccc4c(c3)c3ccccc3n4-c3ccc(-c4nc(-n5c6ccccc6c6cc(-c7ccc8c(c7)sc7ccccc78)ccc65)c5cc(-n6c7ccccc7c7cc(-c8ccc9c(c8)sc8ccccc89)ccc76)ccc5n4)cc3)ccc12. The van der Waals surface area contributed by atoms with Crippen molar-refractivity contribution in [2.24, 2.45) is 0 Å². The van der Waals surface area contributed by atoms with Gasteiger partial charge in [-0.1, -0.05) is 164 Å². The van der Waals surface area contributed by atoms with Gasteiger partial charge in [-0.15, -0.1) is 34.0 Å². The van der Waals surface area contributed by atoms with E-state index in [1.54, 1.807) is 0 Å². The van der Waals surface area contributed by atoms with E-state index in [-0.39, 0.29) is 0 Å². The van der Waals surface area contributed by atoms with Crippen LogP contribution in [0, 0.1) is 0 Å². The summed E-state index contributed by atoms with van der Waals surface area (Å²) < 4.78 is 15.0. The molecule has 8 heteroatoms. The highest BCUT2D eigenvalue weighted by molar-refractivity contribution is 7.26. The molecule has 94 heavy (non-hydrogen) atoms. The van der Waals surface area contributed by atoms with E-state index in [1.165, 1.54) is 121 Å². The van der Waals surface area contributed by atoms with Gasteiger partial charge in [0, 0.05) is 115 Å². The zero-order valence-electron chi connectivity index (χ0n) is 50.3. The van der Waals surface area contributed by atoms with Crippen LogP contribution in [-0.2, 0) is 0 Å². The second-order valence-corrected chi connectivity index (χ2v) is 28.1. The molecule has 21 aromatic rings. The van der Waals surface area contributed by atoms with Gasteiger partial charge in [0.2, 0.25) is 0 Å². The lowest BCUT2D eigenvalue weighted by molar-refractivity contribution is 1.07. The lowest BCUT2D eigenvalue weighted by atomic mass is 10.0. The number of benzene rings is 14. The molecule has 7 aromatic heterocycles. The summed E-state index contributed by atoms with van der Waals surface area (Å²) in [5.74, 6) is 1.47. The first-order valence-electron chi connectivity index (χ1n) is 31.8. The summed E-state index contributed by atoms with van der Waals surface area (Å²) in [6.45, 7) is 0. The van der Waals surface area contributed by atoms with Crippen LogP contribution < -0.4 is 0 Å². The molecule has 14 aromatic carbocycles. The standard InChI is InChI=1S/C86H49N5S3/c1-7-19-73-59(13-1)68-43-51(54-27-36-65-62-16-4-10-22-79(62)92-82(65)46-54)30-40-76(68)89(73)57-33-25-50(26-34-57)85-87-72-39-35-58(90-74-20-8-2-14-60(74)69-44-52(31-41-77(69)90)55-28-37-66-63-17-5-11-23-80(63)93-83(66)47-55)49-71(72)86(88-85)91-75-21-9-3-15-61(75)70-45-53(32-42-78(70)91)56-29-38-67-64-18-6-12-24-81(64)94-84(67)48-56/h1-49H. The van der Waals surface area contributed by atoms with Crippen molar-refractivity contribution in [2.45, 2.75) is 0 Å². The molecule has 5 nitrogen and oxygen atoms in total. The lowest BCUT2D eigenvalue weighted by Crippen LogP contribution is -2.04. The van der Waals surface area contributed by atoms with Crippen LogP contribution in [0.4, 0.5) is 0 Å². The van der Waals surface area contributed by atoms with Gasteiger partial charge in [0.25, 0.3) is 0 Å². The minimum Gasteiger partial charge on any atom is -0.309 e. The Morgan fingerprint density at radius 3 is 0.989 bits per heavy atom. The van der Waals surface area contributed by atoms with Crippen molar-refractivity contribution in [3.8, 4) is 62.0 Å². The Morgan fingerprint density at radius 1 is 0.202 bits per heavy atom. The maximum atomic E-state index is 5.78. The smallest absolute Gasteiger partial charge is 0.162 e. The molecule has 0 aliphatic heterocycles. The zero-order valence-corrected chi connectivity index (χ0v) is 52.7. The fraction of sp³-hybridized carbons (Fsp3) is 0. The third-order valence-corrected chi connectivity index (χ3v) is 23.1. The average Bonchev–Trinajstić information content (AvgIpc) is 1.56. The average molecular weight is 1250 g/mol. The third-order valence-electron chi connectivity index (χ3n) is 19.7. The molecule has 21 rings (SSSR count). The van der Waals surface area contributed by atoms with Crippen LogP contribution in [0.25, 0.3) is 199 Å². The van der Waals surface area contributed by atoms with Crippen molar-refractivity contribution < 1.29 is 0 Å². The normalized spacial score (nSPS) is 12.3. The quantitative estimate of drug-likeness (QED) is 0.160. The van der Waals surface area contributed by atoms with Gasteiger partial charge < -0.3 is 9.13 Å². The molecule has 0 radical (unpaired) electrons. The molecule has 0 aliphatic carbocycles. The molecule has 0 unspecified atom stereocenters.